The van der Waals surface area contributed by atoms with Gasteiger partial charge in [0.15, 0.2) is 6.29 Å². The zero-order valence-corrected chi connectivity index (χ0v) is 44.4. The number of aliphatic hydroxyl groups excluding tert-OH is 3. The molecule has 4 N–H and O–H groups in total. The van der Waals surface area contributed by atoms with Crippen molar-refractivity contribution in [1.29, 1.82) is 0 Å². The van der Waals surface area contributed by atoms with Crippen molar-refractivity contribution in [2.45, 2.75) is 243 Å². The molecule has 6 unspecified atom stereocenters. The average Bonchev–Trinajstić information content (AvgIpc) is 3.34. The van der Waals surface area contributed by atoms with Crippen LogP contribution in [0.1, 0.15) is 206 Å². The van der Waals surface area contributed by atoms with Crippen LogP contribution in [-0.2, 0) is 38.3 Å². The van der Waals surface area contributed by atoms with Crippen LogP contribution in [0.5, 0.6) is 0 Å². The number of hydrogen-bond acceptors (Lipinski definition) is 11. The topological polar surface area (TPSA) is 178 Å². The first-order chi connectivity index (χ1) is 34.1. The van der Waals surface area contributed by atoms with E-state index >= 15 is 0 Å². The summed E-state index contributed by atoms with van der Waals surface area (Å²) in [4.78, 5) is 12.9. The van der Waals surface area contributed by atoms with Gasteiger partial charge in [-0.15, -0.1) is 0 Å². The number of aliphatic hydroxyl groups is 3. The number of hydrogen-bond donors (Lipinski definition) is 4. The van der Waals surface area contributed by atoms with Crippen molar-refractivity contribution in [3.63, 3.8) is 0 Å². The second-order valence-corrected chi connectivity index (χ2v) is 19.5. The van der Waals surface area contributed by atoms with Crippen molar-refractivity contribution in [2.24, 2.45) is 0 Å². The number of esters is 1. The number of allylic oxidation sites excluding steroid dienone is 14. The van der Waals surface area contributed by atoms with Crippen molar-refractivity contribution in [3.05, 3.63) is 85.1 Å². The third kappa shape index (κ3) is 39.8. The minimum Gasteiger partial charge on any atom is -0.457 e. The van der Waals surface area contributed by atoms with Gasteiger partial charge in [0.25, 0.3) is 0 Å². The SMILES string of the molecule is CC/C=C\C/C=C\C/C=C\C/C=C\CCCCCCCCC(=O)OC(COCCCCCCCCCCC/C=C\C/C=C\C/C=C\CCCCCCC)COC1OC(CO)C(O)C(OS(=O)(=O)O)C1O. The molecule has 0 amide bonds. The molecule has 6 atom stereocenters. The van der Waals surface area contributed by atoms with Gasteiger partial charge in [0, 0.05) is 13.0 Å². The Morgan fingerprint density at radius 3 is 1.44 bits per heavy atom. The van der Waals surface area contributed by atoms with E-state index in [4.69, 9.17) is 18.9 Å². The van der Waals surface area contributed by atoms with Gasteiger partial charge >= 0.3 is 16.4 Å². The van der Waals surface area contributed by atoms with Crippen LogP contribution >= 0.6 is 0 Å². The molecule has 0 aromatic rings. The fourth-order valence-corrected chi connectivity index (χ4v) is 8.41. The number of carbonyl (C=O) groups excluding carboxylic acids is 1. The quantitative estimate of drug-likeness (QED) is 0.0197. The van der Waals surface area contributed by atoms with Gasteiger partial charge in [-0.05, 0) is 89.9 Å². The largest absolute Gasteiger partial charge is 0.457 e. The summed E-state index contributed by atoms with van der Waals surface area (Å²) in [5, 5.41) is 30.8. The number of rotatable bonds is 47. The predicted octanol–water partition coefficient (Wildman–Crippen LogP) is 13.2. The predicted molar refractivity (Wildman–Crippen MR) is 285 cm³/mol. The van der Waals surface area contributed by atoms with E-state index in [2.05, 4.69) is 103 Å². The Hall–Kier alpha value is -2.72. The van der Waals surface area contributed by atoms with Crippen LogP contribution in [-0.4, -0.2) is 97.5 Å². The van der Waals surface area contributed by atoms with Crippen LogP contribution in [0.3, 0.4) is 0 Å². The van der Waals surface area contributed by atoms with Crippen LogP contribution in [0.2, 0.25) is 0 Å². The van der Waals surface area contributed by atoms with Crippen molar-refractivity contribution in [1.82, 2.24) is 0 Å². The molecule has 0 bridgehead atoms. The molecular weight excluding hydrogens is 909 g/mol. The number of carbonyl (C=O) groups is 1. The maximum atomic E-state index is 12.9. The Balaban J connectivity index is 2.35. The molecular formula is C57H98O12S. The summed E-state index contributed by atoms with van der Waals surface area (Å²) in [6.45, 7) is 3.84. The zero-order chi connectivity index (χ0) is 51.0. The molecule has 1 fully saturated rings. The fourth-order valence-electron chi connectivity index (χ4n) is 7.91. The van der Waals surface area contributed by atoms with E-state index < -0.39 is 59.8 Å². The zero-order valence-electron chi connectivity index (χ0n) is 43.6. The molecule has 0 aromatic heterocycles. The third-order valence-corrected chi connectivity index (χ3v) is 12.5. The molecule has 13 heteroatoms. The fraction of sp³-hybridized carbons (Fsp3) is 0.737. The van der Waals surface area contributed by atoms with E-state index in [0.717, 1.165) is 103 Å². The van der Waals surface area contributed by atoms with Gasteiger partial charge in [-0.1, -0.05) is 195 Å². The second-order valence-electron chi connectivity index (χ2n) is 18.4. The number of ether oxygens (including phenoxy) is 4. The summed E-state index contributed by atoms with van der Waals surface area (Å²) < 4.78 is 59.3. The molecule has 1 aliphatic rings. The van der Waals surface area contributed by atoms with E-state index in [0.29, 0.717) is 13.0 Å². The molecule has 1 rings (SSSR count). The summed E-state index contributed by atoms with van der Waals surface area (Å²) in [6.07, 6.45) is 54.7. The van der Waals surface area contributed by atoms with Crippen LogP contribution in [0.25, 0.3) is 0 Å². The molecule has 70 heavy (non-hydrogen) atoms. The normalized spacial score (nSPS) is 19.8. The molecule has 1 saturated heterocycles. The summed E-state index contributed by atoms with van der Waals surface area (Å²) in [5.74, 6) is -0.417. The van der Waals surface area contributed by atoms with Gasteiger partial charge in [-0.2, -0.15) is 8.42 Å². The second kappa shape index (κ2) is 47.3. The van der Waals surface area contributed by atoms with Crippen molar-refractivity contribution < 1.29 is 56.2 Å². The van der Waals surface area contributed by atoms with Crippen LogP contribution in [0.15, 0.2) is 85.1 Å². The van der Waals surface area contributed by atoms with E-state index in [1.165, 1.54) is 77.0 Å². The van der Waals surface area contributed by atoms with Crippen LogP contribution in [0, 0.1) is 0 Å². The van der Waals surface area contributed by atoms with E-state index in [-0.39, 0.29) is 19.6 Å². The lowest BCUT2D eigenvalue weighted by Crippen LogP contribution is -2.60. The van der Waals surface area contributed by atoms with Gasteiger partial charge in [0.05, 0.1) is 19.8 Å². The molecule has 0 saturated carbocycles. The minimum absolute atomic E-state index is 0.0215. The maximum absolute atomic E-state index is 12.9. The first kappa shape index (κ1) is 65.3. The molecule has 0 aromatic carbocycles. The summed E-state index contributed by atoms with van der Waals surface area (Å²) in [7, 11) is -5.07. The molecule has 1 heterocycles. The smallest absolute Gasteiger partial charge is 0.397 e. The maximum Gasteiger partial charge on any atom is 0.397 e. The van der Waals surface area contributed by atoms with Gasteiger partial charge < -0.3 is 34.3 Å². The lowest BCUT2D eigenvalue weighted by Gasteiger charge is -2.41. The third-order valence-electron chi connectivity index (χ3n) is 12.0. The Morgan fingerprint density at radius 2 is 0.986 bits per heavy atom. The highest BCUT2D eigenvalue weighted by Gasteiger charge is 2.48. The average molecular weight is 1010 g/mol. The van der Waals surface area contributed by atoms with Gasteiger partial charge in [-0.3, -0.25) is 9.35 Å². The van der Waals surface area contributed by atoms with E-state index in [1.807, 2.05) is 0 Å². The molecule has 0 radical (unpaired) electrons. The van der Waals surface area contributed by atoms with Crippen LogP contribution < -0.4 is 0 Å². The lowest BCUT2D eigenvalue weighted by atomic mass is 9.99. The Morgan fingerprint density at radius 1 is 0.557 bits per heavy atom. The van der Waals surface area contributed by atoms with E-state index in [1.54, 1.807) is 0 Å². The molecule has 12 nitrogen and oxygen atoms in total. The van der Waals surface area contributed by atoms with Crippen molar-refractivity contribution in [2.75, 3.05) is 26.4 Å². The highest BCUT2D eigenvalue weighted by atomic mass is 32.3. The Kier molecular flexibility index (Phi) is 44.1. The molecule has 1 aliphatic heterocycles. The summed E-state index contributed by atoms with van der Waals surface area (Å²) in [5.41, 5.74) is 0. The highest BCUT2D eigenvalue weighted by Crippen LogP contribution is 2.26. The van der Waals surface area contributed by atoms with E-state index in [9.17, 15) is 33.1 Å². The monoisotopic (exact) mass is 1010 g/mol. The first-order valence-electron chi connectivity index (χ1n) is 27.3. The van der Waals surface area contributed by atoms with Gasteiger partial charge in [-0.25, -0.2) is 4.18 Å². The molecule has 404 valence electrons. The van der Waals surface area contributed by atoms with Crippen molar-refractivity contribution in [3.8, 4) is 0 Å². The van der Waals surface area contributed by atoms with Gasteiger partial charge in [0.2, 0.25) is 0 Å². The standard InChI is InChI=1S/C57H98O12S/c1-3-5-7-9-11-13-15-17-19-21-23-24-25-26-27-29-31-33-35-37-39-41-43-45-47-65-49-51(50-66-57-55(61)56(69-70(62,63)64)54(60)52(48-58)68-57)67-53(59)46-44-42-40-38-36-34-32-30-28-22-20-18-16-14-12-10-8-6-4-2/h6,8,12,14-15,17-18,20-21,23,25-26,28,30,51-52,54-58,60-61H,3-5,7,9-11,13,16,19,22,24,27,29,31-50H2,1-2H3,(H,62,63,64)/b8-6-,14-12-,17-15-,20-18-,23-21-,26-25-,30-28-. The molecule has 0 spiro atoms. The van der Waals surface area contributed by atoms with Gasteiger partial charge in [0.1, 0.15) is 30.5 Å². The number of unbranched alkanes of at least 4 members (excludes halogenated alkanes) is 20. The van der Waals surface area contributed by atoms with Crippen LogP contribution in [0.4, 0.5) is 0 Å². The summed E-state index contributed by atoms with van der Waals surface area (Å²) >= 11 is 0. The van der Waals surface area contributed by atoms with Crippen molar-refractivity contribution >= 4 is 16.4 Å². The Bertz CT molecular complexity index is 1540. The highest BCUT2D eigenvalue weighted by molar-refractivity contribution is 7.80. The minimum atomic E-state index is -5.07. The summed E-state index contributed by atoms with van der Waals surface area (Å²) in [6, 6.07) is 0. The Labute approximate surface area is 425 Å². The first-order valence-corrected chi connectivity index (χ1v) is 28.7. The molecule has 0 aliphatic carbocycles. The lowest BCUT2D eigenvalue weighted by molar-refractivity contribution is -0.301.